The fraction of sp³-hybridized carbons (Fsp3) is 0.429. The van der Waals surface area contributed by atoms with Gasteiger partial charge in [0.2, 0.25) is 5.91 Å². The van der Waals surface area contributed by atoms with Crippen LogP contribution in [0, 0.1) is 16.7 Å². The van der Waals surface area contributed by atoms with Gasteiger partial charge >= 0.3 is 0 Å². The molecule has 0 saturated carbocycles. The molecule has 0 saturated heterocycles. The van der Waals surface area contributed by atoms with E-state index < -0.39 is 5.41 Å². The summed E-state index contributed by atoms with van der Waals surface area (Å²) in [7, 11) is 1.64. The number of rotatable bonds is 5. The SMILES string of the molecule is COCc1cccc(CNC(=O)C(C)(C)C#N)c1. The van der Waals surface area contributed by atoms with E-state index in [1.807, 2.05) is 30.3 Å². The van der Waals surface area contributed by atoms with Gasteiger partial charge in [-0.3, -0.25) is 4.79 Å². The average molecular weight is 246 g/mol. The molecule has 4 heteroatoms. The minimum absolute atomic E-state index is 0.262. The minimum atomic E-state index is -0.996. The van der Waals surface area contributed by atoms with E-state index in [2.05, 4.69) is 5.32 Å². The number of carbonyl (C=O) groups is 1. The van der Waals surface area contributed by atoms with Crippen LogP contribution in [0.5, 0.6) is 0 Å². The molecule has 0 aliphatic carbocycles. The molecule has 1 amide bonds. The van der Waals surface area contributed by atoms with Crippen molar-refractivity contribution in [1.82, 2.24) is 5.32 Å². The van der Waals surface area contributed by atoms with Gasteiger partial charge in [-0.25, -0.2) is 0 Å². The summed E-state index contributed by atoms with van der Waals surface area (Å²) in [6.07, 6.45) is 0. The molecular formula is C14H18N2O2. The Bertz CT molecular complexity index is 461. The van der Waals surface area contributed by atoms with Crippen molar-refractivity contribution in [3.63, 3.8) is 0 Å². The third-order valence-corrected chi connectivity index (χ3v) is 2.60. The number of nitriles is 1. The second-order valence-electron chi connectivity index (χ2n) is 4.67. The van der Waals surface area contributed by atoms with Gasteiger partial charge in [0, 0.05) is 13.7 Å². The molecule has 0 aliphatic heterocycles. The molecule has 4 nitrogen and oxygen atoms in total. The van der Waals surface area contributed by atoms with Crippen molar-refractivity contribution in [1.29, 1.82) is 5.26 Å². The fourth-order valence-electron chi connectivity index (χ4n) is 1.45. The number of amides is 1. The Morgan fingerprint density at radius 2 is 2.11 bits per heavy atom. The number of nitrogens with zero attached hydrogens (tertiary/aromatic N) is 1. The summed E-state index contributed by atoms with van der Waals surface area (Å²) in [6, 6.07) is 9.77. The zero-order valence-corrected chi connectivity index (χ0v) is 11.0. The standard InChI is InChI=1S/C14H18N2O2/c1-14(2,10-15)13(17)16-8-11-5-4-6-12(7-11)9-18-3/h4-7H,8-9H2,1-3H3,(H,16,17). The van der Waals surface area contributed by atoms with Crippen LogP contribution >= 0.6 is 0 Å². The Labute approximate surface area is 108 Å². The lowest BCUT2D eigenvalue weighted by Crippen LogP contribution is -2.35. The summed E-state index contributed by atoms with van der Waals surface area (Å²) < 4.78 is 5.05. The molecule has 0 bridgehead atoms. The van der Waals surface area contributed by atoms with Gasteiger partial charge in [0.15, 0.2) is 0 Å². The molecule has 0 fully saturated rings. The Morgan fingerprint density at radius 1 is 1.44 bits per heavy atom. The summed E-state index contributed by atoms with van der Waals surface area (Å²) in [5.41, 5.74) is 1.06. The molecule has 1 rings (SSSR count). The molecule has 0 unspecified atom stereocenters. The molecule has 0 spiro atoms. The van der Waals surface area contributed by atoms with E-state index in [0.717, 1.165) is 11.1 Å². The summed E-state index contributed by atoms with van der Waals surface area (Å²) >= 11 is 0. The Kier molecular flexibility index (Phi) is 4.87. The second kappa shape index (κ2) is 6.18. The van der Waals surface area contributed by atoms with Gasteiger partial charge < -0.3 is 10.1 Å². The van der Waals surface area contributed by atoms with Gasteiger partial charge in [0.25, 0.3) is 0 Å². The van der Waals surface area contributed by atoms with Crippen molar-refractivity contribution in [2.45, 2.75) is 27.0 Å². The molecule has 0 heterocycles. The van der Waals surface area contributed by atoms with Gasteiger partial charge in [-0.15, -0.1) is 0 Å². The number of hydrogen-bond donors (Lipinski definition) is 1. The molecule has 96 valence electrons. The highest BCUT2D eigenvalue weighted by Gasteiger charge is 2.26. The number of methoxy groups -OCH3 is 1. The lowest BCUT2D eigenvalue weighted by atomic mass is 9.94. The van der Waals surface area contributed by atoms with Crippen molar-refractivity contribution >= 4 is 5.91 Å². The van der Waals surface area contributed by atoms with E-state index in [9.17, 15) is 4.79 Å². The largest absolute Gasteiger partial charge is 0.380 e. The van der Waals surface area contributed by atoms with E-state index in [0.29, 0.717) is 13.2 Å². The van der Waals surface area contributed by atoms with Crippen LogP contribution in [0.15, 0.2) is 24.3 Å². The van der Waals surface area contributed by atoms with Crippen molar-refractivity contribution in [3.8, 4) is 6.07 Å². The molecule has 1 N–H and O–H groups in total. The van der Waals surface area contributed by atoms with Crippen LogP contribution in [0.2, 0.25) is 0 Å². The van der Waals surface area contributed by atoms with E-state index >= 15 is 0 Å². The molecule has 0 radical (unpaired) electrons. The first kappa shape index (κ1) is 14.2. The highest BCUT2D eigenvalue weighted by Crippen LogP contribution is 2.13. The van der Waals surface area contributed by atoms with Crippen molar-refractivity contribution < 1.29 is 9.53 Å². The zero-order valence-electron chi connectivity index (χ0n) is 11.0. The Morgan fingerprint density at radius 3 is 2.72 bits per heavy atom. The minimum Gasteiger partial charge on any atom is -0.380 e. The van der Waals surface area contributed by atoms with Crippen LogP contribution in [-0.4, -0.2) is 13.0 Å². The normalized spacial score (nSPS) is 10.8. The highest BCUT2D eigenvalue weighted by atomic mass is 16.5. The Balaban J connectivity index is 2.62. The first-order valence-electron chi connectivity index (χ1n) is 5.76. The topological polar surface area (TPSA) is 62.1 Å². The third-order valence-electron chi connectivity index (χ3n) is 2.60. The summed E-state index contributed by atoms with van der Waals surface area (Å²) in [5, 5.41) is 11.6. The van der Waals surface area contributed by atoms with Crippen LogP contribution < -0.4 is 5.32 Å². The number of nitrogens with one attached hydrogen (secondary N) is 1. The van der Waals surface area contributed by atoms with Crippen LogP contribution in [0.4, 0.5) is 0 Å². The summed E-state index contributed by atoms with van der Waals surface area (Å²) in [6.45, 7) is 4.17. The maximum absolute atomic E-state index is 11.7. The maximum Gasteiger partial charge on any atom is 0.240 e. The van der Waals surface area contributed by atoms with Crippen LogP contribution in [0.3, 0.4) is 0 Å². The molecule has 0 aromatic heterocycles. The van der Waals surface area contributed by atoms with E-state index in [-0.39, 0.29) is 5.91 Å². The van der Waals surface area contributed by atoms with Crippen molar-refractivity contribution in [3.05, 3.63) is 35.4 Å². The monoisotopic (exact) mass is 246 g/mol. The van der Waals surface area contributed by atoms with Crippen molar-refractivity contribution in [2.24, 2.45) is 5.41 Å². The van der Waals surface area contributed by atoms with Crippen LogP contribution in [0.1, 0.15) is 25.0 Å². The number of hydrogen-bond acceptors (Lipinski definition) is 3. The van der Waals surface area contributed by atoms with Crippen molar-refractivity contribution in [2.75, 3.05) is 7.11 Å². The molecule has 1 aromatic carbocycles. The zero-order chi connectivity index (χ0) is 13.6. The molecule has 0 aliphatic rings. The van der Waals surface area contributed by atoms with Crippen LogP contribution in [-0.2, 0) is 22.7 Å². The third kappa shape index (κ3) is 3.86. The number of ether oxygens (including phenoxy) is 1. The lowest BCUT2D eigenvalue weighted by molar-refractivity contribution is -0.126. The van der Waals surface area contributed by atoms with Gasteiger partial charge in [-0.05, 0) is 25.0 Å². The smallest absolute Gasteiger partial charge is 0.240 e. The quantitative estimate of drug-likeness (QED) is 0.864. The molecular weight excluding hydrogens is 228 g/mol. The predicted molar refractivity (Wildman–Crippen MR) is 68.4 cm³/mol. The van der Waals surface area contributed by atoms with E-state index in [1.165, 1.54) is 0 Å². The van der Waals surface area contributed by atoms with E-state index in [4.69, 9.17) is 10.00 Å². The predicted octanol–water partition coefficient (Wildman–Crippen LogP) is 2.00. The second-order valence-corrected chi connectivity index (χ2v) is 4.67. The molecule has 0 atom stereocenters. The van der Waals surface area contributed by atoms with Gasteiger partial charge in [0.05, 0.1) is 12.7 Å². The molecule has 1 aromatic rings. The van der Waals surface area contributed by atoms with Crippen LogP contribution in [0.25, 0.3) is 0 Å². The van der Waals surface area contributed by atoms with Gasteiger partial charge in [-0.1, -0.05) is 24.3 Å². The average Bonchev–Trinajstić information content (AvgIpc) is 2.36. The fourth-order valence-corrected chi connectivity index (χ4v) is 1.45. The lowest BCUT2D eigenvalue weighted by Gasteiger charge is -2.15. The molecule has 18 heavy (non-hydrogen) atoms. The Hall–Kier alpha value is -1.86. The van der Waals surface area contributed by atoms with Gasteiger partial charge in [0.1, 0.15) is 5.41 Å². The number of carbonyl (C=O) groups excluding carboxylic acids is 1. The summed E-state index contributed by atoms with van der Waals surface area (Å²) in [4.78, 5) is 11.7. The highest BCUT2D eigenvalue weighted by molar-refractivity contribution is 5.84. The first-order chi connectivity index (χ1) is 8.49. The number of benzene rings is 1. The van der Waals surface area contributed by atoms with E-state index in [1.54, 1.807) is 21.0 Å². The van der Waals surface area contributed by atoms with Gasteiger partial charge in [-0.2, -0.15) is 5.26 Å². The maximum atomic E-state index is 11.7. The summed E-state index contributed by atoms with van der Waals surface area (Å²) in [5.74, 6) is -0.262. The first-order valence-corrected chi connectivity index (χ1v) is 5.76.